The SMILES string of the molecule is CCCCCCC(=O)OC1CCC2C3CCc4cc(OC(C)=O)ccc4C3CCC12C. The molecule has 3 aliphatic rings. The molecule has 0 spiro atoms. The summed E-state index contributed by atoms with van der Waals surface area (Å²) in [6, 6.07) is 6.21. The highest BCUT2D eigenvalue weighted by atomic mass is 16.5. The molecular weight excluding hydrogens is 388 g/mol. The molecule has 4 rings (SSSR count). The molecule has 0 aromatic heterocycles. The average Bonchev–Trinajstić information content (AvgIpc) is 3.06. The van der Waals surface area contributed by atoms with Gasteiger partial charge in [-0.3, -0.25) is 9.59 Å². The largest absolute Gasteiger partial charge is 0.462 e. The first-order valence-corrected chi connectivity index (χ1v) is 12.4. The molecule has 31 heavy (non-hydrogen) atoms. The minimum atomic E-state index is -0.265. The average molecular weight is 427 g/mol. The zero-order valence-electron chi connectivity index (χ0n) is 19.5. The van der Waals surface area contributed by atoms with Gasteiger partial charge in [0.1, 0.15) is 11.9 Å². The molecule has 2 fully saturated rings. The smallest absolute Gasteiger partial charge is 0.308 e. The first-order valence-electron chi connectivity index (χ1n) is 12.4. The normalized spacial score (nSPS) is 31.3. The fourth-order valence-corrected chi connectivity index (χ4v) is 6.85. The van der Waals surface area contributed by atoms with E-state index in [4.69, 9.17) is 9.47 Å². The van der Waals surface area contributed by atoms with E-state index in [-0.39, 0.29) is 23.5 Å². The van der Waals surface area contributed by atoms with Gasteiger partial charge in [-0.15, -0.1) is 0 Å². The molecule has 5 unspecified atom stereocenters. The predicted octanol–water partition coefficient (Wildman–Crippen LogP) is 6.35. The fourth-order valence-electron chi connectivity index (χ4n) is 6.85. The van der Waals surface area contributed by atoms with Gasteiger partial charge < -0.3 is 9.47 Å². The second-order valence-corrected chi connectivity index (χ2v) is 10.3. The number of hydrogen-bond donors (Lipinski definition) is 0. The van der Waals surface area contributed by atoms with Crippen LogP contribution < -0.4 is 4.74 Å². The zero-order valence-corrected chi connectivity index (χ0v) is 19.5. The van der Waals surface area contributed by atoms with E-state index in [9.17, 15) is 9.59 Å². The van der Waals surface area contributed by atoms with E-state index < -0.39 is 0 Å². The Hall–Kier alpha value is -1.84. The van der Waals surface area contributed by atoms with Crippen molar-refractivity contribution in [3.8, 4) is 5.75 Å². The van der Waals surface area contributed by atoms with Crippen molar-refractivity contribution in [2.45, 2.75) is 103 Å². The van der Waals surface area contributed by atoms with Crippen molar-refractivity contribution in [1.29, 1.82) is 0 Å². The van der Waals surface area contributed by atoms with Gasteiger partial charge in [-0.05, 0) is 86.0 Å². The number of ether oxygens (including phenoxy) is 2. The van der Waals surface area contributed by atoms with Gasteiger partial charge in [-0.1, -0.05) is 39.2 Å². The Balaban J connectivity index is 1.42. The third-order valence-corrected chi connectivity index (χ3v) is 8.38. The van der Waals surface area contributed by atoms with Crippen molar-refractivity contribution >= 4 is 11.9 Å². The van der Waals surface area contributed by atoms with Gasteiger partial charge in [0, 0.05) is 18.8 Å². The molecule has 2 saturated carbocycles. The Morgan fingerprint density at radius 1 is 1.10 bits per heavy atom. The number of esters is 2. The molecule has 0 bridgehead atoms. The maximum Gasteiger partial charge on any atom is 0.308 e. The van der Waals surface area contributed by atoms with E-state index >= 15 is 0 Å². The summed E-state index contributed by atoms with van der Waals surface area (Å²) < 4.78 is 11.4. The first kappa shape index (κ1) is 22.4. The molecule has 0 amide bonds. The summed E-state index contributed by atoms with van der Waals surface area (Å²) in [5.41, 5.74) is 2.91. The van der Waals surface area contributed by atoms with E-state index in [1.165, 1.54) is 43.7 Å². The summed E-state index contributed by atoms with van der Waals surface area (Å²) in [5, 5.41) is 0. The Morgan fingerprint density at radius 2 is 1.94 bits per heavy atom. The van der Waals surface area contributed by atoms with Crippen molar-refractivity contribution < 1.29 is 19.1 Å². The summed E-state index contributed by atoms with van der Waals surface area (Å²) in [4.78, 5) is 23.8. The van der Waals surface area contributed by atoms with Gasteiger partial charge >= 0.3 is 11.9 Å². The minimum absolute atomic E-state index is 0.0112. The van der Waals surface area contributed by atoms with Crippen LogP contribution in [0.1, 0.15) is 102 Å². The molecular formula is C27H38O4. The second kappa shape index (κ2) is 9.34. The summed E-state index contributed by atoms with van der Waals surface area (Å²) in [5.74, 6) is 2.29. The van der Waals surface area contributed by atoms with Gasteiger partial charge in [0.05, 0.1) is 0 Å². The summed E-state index contributed by atoms with van der Waals surface area (Å²) in [7, 11) is 0. The molecule has 1 aromatic carbocycles. The lowest BCUT2D eigenvalue weighted by atomic mass is 9.55. The maximum absolute atomic E-state index is 12.5. The molecule has 0 saturated heterocycles. The quantitative estimate of drug-likeness (QED) is 0.290. The van der Waals surface area contributed by atoms with Gasteiger partial charge in [-0.2, -0.15) is 0 Å². The highest BCUT2D eigenvalue weighted by Gasteiger charge is 2.56. The van der Waals surface area contributed by atoms with Crippen LogP contribution in [-0.2, 0) is 20.7 Å². The molecule has 0 radical (unpaired) electrons. The number of unbranched alkanes of at least 4 members (excludes halogenated alkanes) is 3. The number of hydrogen-bond acceptors (Lipinski definition) is 4. The maximum atomic E-state index is 12.5. The van der Waals surface area contributed by atoms with E-state index in [1.54, 1.807) is 0 Å². The van der Waals surface area contributed by atoms with Gasteiger partial charge in [0.2, 0.25) is 0 Å². The third-order valence-electron chi connectivity index (χ3n) is 8.38. The van der Waals surface area contributed by atoms with Gasteiger partial charge in [0.25, 0.3) is 0 Å². The lowest BCUT2D eigenvalue weighted by Gasteiger charge is -2.50. The zero-order chi connectivity index (χ0) is 22.0. The number of rotatable bonds is 7. The standard InChI is InChI=1S/C27H38O4/c1-4-5-6-7-8-26(29)31-25-14-13-24-23-11-9-19-17-20(30-18(2)28)10-12-21(19)22(23)15-16-27(24,25)3/h10,12,17,22-25H,4-9,11,13-16H2,1-3H3. The highest BCUT2D eigenvalue weighted by Crippen LogP contribution is 2.61. The van der Waals surface area contributed by atoms with Crippen LogP contribution in [0.3, 0.4) is 0 Å². The predicted molar refractivity (Wildman–Crippen MR) is 121 cm³/mol. The van der Waals surface area contributed by atoms with Gasteiger partial charge in [-0.25, -0.2) is 0 Å². The number of carbonyl (C=O) groups is 2. The van der Waals surface area contributed by atoms with Crippen molar-refractivity contribution in [3.05, 3.63) is 29.3 Å². The summed E-state index contributed by atoms with van der Waals surface area (Å²) in [6.45, 7) is 6.03. The molecule has 0 heterocycles. The van der Waals surface area contributed by atoms with Crippen LogP contribution >= 0.6 is 0 Å². The summed E-state index contributed by atoms with van der Waals surface area (Å²) >= 11 is 0. The van der Waals surface area contributed by atoms with E-state index in [0.717, 1.165) is 38.5 Å². The molecule has 0 aliphatic heterocycles. The highest BCUT2D eigenvalue weighted by molar-refractivity contribution is 5.70. The molecule has 1 aromatic rings. The van der Waals surface area contributed by atoms with E-state index in [2.05, 4.69) is 26.0 Å². The summed E-state index contributed by atoms with van der Waals surface area (Å²) in [6.07, 6.45) is 11.8. The topological polar surface area (TPSA) is 52.6 Å². The first-order chi connectivity index (χ1) is 14.9. The monoisotopic (exact) mass is 426 g/mol. The Kier molecular flexibility index (Phi) is 6.74. The van der Waals surface area contributed by atoms with Crippen molar-refractivity contribution in [3.63, 3.8) is 0 Å². The van der Waals surface area contributed by atoms with Crippen LogP contribution in [0.2, 0.25) is 0 Å². The number of fused-ring (bicyclic) bond motifs is 5. The molecule has 5 atom stereocenters. The lowest BCUT2D eigenvalue weighted by molar-refractivity contribution is -0.157. The van der Waals surface area contributed by atoms with Crippen molar-refractivity contribution in [2.24, 2.45) is 17.3 Å². The minimum Gasteiger partial charge on any atom is -0.462 e. The Bertz CT molecular complexity index is 815. The molecule has 3 aliphatic carbocycles. The van der Waals surface area contributed by atoms with Crippen LogP contribution in [0.4, 0.5) is 0 Å². The van der Waals surface area contributed by atoms with Crippen LogP contribution in [0.25, 0.3) is 0 Å². The molecule has 170 valence electrons. The van der Waals surface area contributed by atoms with Crippen molar-refractivity contribution in [1.82, 2.24) is 0 Å². The molecule has 0 N–H and O–H groups in total. The van der Waals surface area contributed by atoms with Crippen LogP contribution in [0.5, 0.6) is 5.75 Å². The number of benzene rings is 1. The number of carbonyl (C=O) groups excluding carboxylic acids is 2. The lowest BCUT2D eigenvalue weighted by Crippen LogP contribution is -2.45. The van der Waals surface area contributed by atoms with Gasteiger partial charge in [0.15, 0.2) is 0 Å². The van der Waals surface area contributed by atoms with Crippen LogP contribution in [-0.4, -0.2) is 18.0 Å². The Labute approximate surface area is 187 Å². The van der Waals surface area contributed by atoms with Crippen LogP contribution in [0.15, 0.2) is 18.2 Å². The number of aryl methyl sites for hydroxylation is 1. The van der Waals surface area contributed by atoms with Crippen molar-refractivity contribution in [2.75, 3.05) is 0 Å². The Morgan fingerprint density at radius 3 is 2.71 bits per heavy atom. The molecule has 4 heteroatoms. The molecule has 4 nitrogen and oxygen atoms in total. The van der Waals surface area contributed by atoms with Crippen LogP contribution in [0, 0.1) is 17.3 Å². The third kappa shape index (κ3) is 4.54. The van der Waals surface area contributed by atoms with E-state index in [0.29, 0.717) is 29.9 Å². The second-order valence-electron chi connectivity index (χ2n) is 10.3. The van der Waals surface area contributed by atoms with E-state index in [1.807, 2.05) is 6.07 Å². The fraction of sp³-hybridized carbons (Fsp3) is 0.704.